The van der Waals surface area contributed by atoms with E-state index in [0.29, 0.717) is 0 Å². The smallest absolute Gasteiger partial charge is 0.173 e. The van der Waals surface area contributed by atoms with Crippen LogP contribution in [0.3, 0.4) is 0 Å². The van der Waals surface area contributed by atoms with Crippen LogP contribution >= 0.6 is 0 Å². The third-order valence-corrected chi connectivity index (χ3v) is 4.16. The summed E-state index contributed by atoms with van der Waals surface area (Å²) in [7, 11) is 0. The molecule has 0 aliphatic heterocycles. The number of aromatic nitrogens is 4. The molecular weight excluding hydrogens is 262 g/mol. The van der Waals surface area contributed by atoms with E-state index in [-0.39, 0.29) is 0 Å². The maximum Gasteiger partial charge on any atom is 0.173 e. The van der Waals surface area contributed by atoms with Gasteiger partial charge in [0.2, 0.25) is 0 Å². The number of nitrogens with one attached hydrogen (secondary N) is 1. The van der Waals surface area contributed by atoms with Crippen LogP contribution in [0.1, 0.15) is 44.9 Å². The number of rotatable bonds is 4. The summed E-state index contributed by atoms with van der Waals surface area (Å²) in [5.74, 6) is 2.35. The van der Waals surface area contributed by atoms with E-state index in [1.54, 1.807) is 23.3 Å². The van der Waals surface area contributed by atoms with Crippen LogP contribution in [0, 0.1) is 5.92 Å². The summed E-state index contributed by atoms with van der Waals surface area (Å²) < 4.78 is 1.73. The first-order valence-corrected chi connectivity index (χ1v) is 7.98. The average Bonchev–Trinajstić information content (AvgIpc) is 3.01. The van der Waals surface area contributed by atoms with Crippen molar-refractivity contribution in [2.24, 2.45) is 5.92 Å². The molecule has 0 saturated heterocycles. The van der Waals surface area contributed by atoms with Gasteiger partial charge in [0.15, 0.2) is 5.82 Å². The van der Waals surface area contributed by atoms with E-state index in [1.807, 2.05) is 12.3 Å². The van der Waals surface area contributed by atoms with Crippen LogP contribution in [0.5, 0.6) is 0 Å². The van der Waals surface area contributed by atoms with Gasteiger partial charge in [-0.25, -0.2) is 9.67 Å². The first-order valence-electron chi connectivity index (χ1n) is 7.98. The van der Waals surface area contributed by atoms with Crippen molar-refractivity contribution in [3.8, 4) is 5.82 Å². The fourth-order valence-corrected chi connectivity index (χ4v) is 2.95. The van der Waals surface area contributed by atoms with Crippen molar-refractivity contribution in [3.05, 3.63) is 30.9 Å². The van der Waals surface area contributed by atoms with Gasteiger partial charge in [-0.05, 0) is 24.8 Å². The first-order chi connectivity index (χ1) is 10.4. The Hall–Kier alpha value is -1.91. The third-order valence-electron chi connectivity index (χ3n) is 4.16. The zero-order valence-electron chi connectivity index (χ0n) is 12.4. The van der Waals surface area contributed by atoms with Crippen molar-refractivity contribution in [2.45, 2.75) is 44.9 Å². The Kier molecular flexibility index (Phi) is 4.82. The molecule has 0 amide bonds. The van der Waals surface area contributed by atoms with Gasteiger partial charge in [-0.2, -0.15) is 5.10 Å². The van der Waals surface area contributed by atoms with E-state index < -0.39 is 0 Å². The average molecular weight is 285 g/mol. The van der Waals surface area contributed by atoms with Crippen molar-refractivity contribution < 1.29 is 0 Å². The van der Waals surface area contributed by atoms with Gasteiger partial charge in [-0.15, -0.1) is 0 Å². The lowest BCUT2D eigenvalue weighted by Gasteiger charge is -2.20. The summed E-state index contributed by atoms with van der Waals surface area (Å²) in [6.45, 7) is 0.997. The number of hydrogen-bond acceptors (Lipinski definition) is 4. The topological polar surface area (TPSA) is 55.6 Å². The zero-order valence-corrected chi connectivity index (χ0v) is 12.4. The van der Waals surface area contributed by atoms with Gasteiger partial charge in [0.05, 0.1) is 12.4 Å². The monoisotopic (exact) mass is 285 g/mol. The Balaban J connectivity index is 1.58. The molecule has 1 fully saturated rings. The minimum absolute atomic E-state index is 0.752. The minimum atomic E-state index is 0.752. The van der Waals surface area contributed by atoms with Gasteiger partial charge in [-0.1, -0.05) is 32.1 Å². The molecule has 2 heterocycles. The van der Waals surface area contributed by atoms with Gasteiger partial charge in [-0.3, -0.25) is 4.98 Å². The van der Waals surface area contributed by atoms with Crippen molar-refractivity contribution in [3.63, 3.8) is 0 Å². The molecule has 0 spiro atoms. The van der Waals surface area contributed by atoms with Crippen LogP contribution in [0.25, 0.3) is 5.82 Å². The highest BCUT2D eigenvalue weighted by Crippen LogP contribution is 2.22. The molecule has 0 unspecified atom stereocenters. The zero-order chi connectivity index (χ0) is 14.3. The van der Waals surface area contributed by atoms with Gasteiger partial charge in [0.1, 0.15) is 5.82 Å². The largest absolute Gasteiger partial charge is 0.368 e. The molecule has 1 N–H and O–H groups in total. The Bertz CT molecular complexity index is 529. The van der Waals surface area contributed by atoms with E-state index >= 15 is 0 Å². The molecule has 0 radical (unpaired) electrons. The van der Waals surface area contributed by atoms with Crippen LogP contribution in [0.2, 0.25) is 0 Å². The Morgan fingerprint density at radius 2 is 1.90 bits per heavy atom. The Morgan fingerprint density at radius 1 is 1.10 bits per heavy atom. The second kappa shape index (κ2) is 7.20. The lowest BCUT2D eigenvalue weighted by molar-refractivity contribution is 0.392. The summed E-state index contributed by atoms with van der Waals surface area (Å²) in [6.07, 6.45) is 16.7. The molecule has 1 saturated carbocycles. The molecule has 2 aromatic rings. The maximum atomic E-state index is 4.57. The lowest BCUT2D eigenvalue weighted by Crippen LogP contribution is -2.16. The fraction of sp³-hybridized carbons (Fsp3) is 0.562. The van der Waals surface area contributed by atoms with Crippen LogP contribution in [0.15, 0.2) is 30.9 Å². The highest BCUT2D eigenvalue weighted by Gasteiger charge is 2.11. The predicted molar refractivity (Wildman–Crippen MR) is 83.5 cm³/mol. The number of nitrogens with zero attached hydrogens (tertiary/aromatic N) is 4. The second-order valence-electron chi connectivity index (χ2n) is 5.81. The molecule has 5 nitrogen and oxygen atoms in total. The summed E-state index contributed by atoms with van der Waals surface area (Å²) in [4.78, 5) is 8.82. The Morgan fingerprint density at radius 3 is 2.67 bits per heavy atom. The van der Waals surface area contributed by atoms with E-state index in [1.165, 1.54) is 44.9 Å². The third kappa shape index (κ3) is 4.03. The van der Waals surface area contributed by atoms with Gasteiger partial charge >= 0.3 is 0 Å². The molecule has 1 aliphatic carbocycles. The normalized spacial score (nSPS) is 17.1. The van der Waals surface area contributed by atoms with Crippen molar-refractivity contribution >= 4 is 5.82 Å². The predicted octanol–water partition coefficient (Wildman–Crippen LogP) is 3.43. The molecule has 0 bridgehead atoms. The van der Waals surface area contributed by atoms with Crippen molar-refractivity contribution in [1.29, 1.82) is 0 Å². The second-order valence-corrected chi connectivity index (χ2v) is 5.81. The molecule has 5 heteroatoms. The highest BCUT2D eigenvalue weighted by atomic mass is 15.3. The van der Waals surface area contributed by atoms with Crippen LogP contribution < -0.4 is 5.32 Å². The Labute approximate surface area is 125 Å². The maximum absolute atomic E-state index is 4.57. The molecule has 2 aromatic heterocycles. The van der Waals surface area contributed by atoms with Crippen molar-refractivity contribution in [1.82, 2.24) is 19.7 Å². The fourth-order valence-electron chi connectivity index (χ4n) is 2.95. The van der Waals surface area contributed by atoms with E-state index in [9.17, 15) is 0 Å². The molecule has 3 rings (SSSR count). The number of anilines is 1. The van der Waals surface area contributed by atoms with Crippen LogP contribution in [0.4, 0.5) is 5.82 Å². The lowest BCUT2D eigenvalue weighted by atomic mass is 9.91. The summed E-state index contributed by atoms with van der Waals surface area (Å²) in [5.41, 5.74) is 0. The van der Waals surface area contributed by atoms with Gasteiger partial charge < -0.3 is 5.32 Å². The first kappa shape index (κ1) is 14.0. The van der Waals surface area contributed by atoms with Crippen LogP contribution in [-0.4, -0.2) is 26.3 Å². The molecular formula is C16H23N5. The van der Waals surface area contributed by atoms with Crippen LogP contribution in [-0.2, 0) is 0 Å². The van der Waals surface area contributed by atoms with E-state index in [4.69, 9.17) is 0 Å². The minimum Gasteiger partial charge on any atom is -0.368 e. The number of hydrogen-bond donors (Lipinski definition) is 1. The molecule has 21 heavy (non-hydrogen) atoms. The summed E-state index contributed by atoms with van der Waals surface area (Å²) in [6, 6.07) is 1.89. The molecule has 0 aromatic carbocycles. The van der Waals surface area contributed by atoms with E-state index in [0.717, 1.165) is 24.1 Å². The molecule has 1 aliphatic rings. The SMILES string of the molecule is c1cnn(-c2cncc(NCC3CCCCCCC3)n2)c1. The summed E-state index contributed by atoms with van der Waals surface area (Å²) >= 11 is 0. The van der Waals surface area contributed by atoms with Gasteiger partial charge in [0.25, 0.3) is 0 Å². The standard InChI is InChI=1S/C16H23N5/c1-2-4-7-14(8-5-3-1)11-18-15-12-17-13-16(20-15)21-10-6-9-19-21/h6,9-10,12-14H,1-5,7-8,11H2,(H,18,20). The van der Waals surface area contributed by atoms with Gasteiger partial charge in [0, 0.05) is 18.9 Å². The highest BCUT2D eigenvalue weighted by molar-refractivity contribution is 5.35. The van der Waals surface area contributed by atoms with E-state index in [2.05, 4.69) is 20.4 Å². The van der Waals surface area contributed by atoms with Crippen molar-refractivity contribution in [2.75, 3.05) is 11.9 Å². The molecule has 112 valence electrons. The summed E-state index contributed by atoms with van der Waals surface area (Å²) in [5, 5.41) is 7.64. The molecule has 0 atom stereocenters. The quantitative estimate of drug-likeness (QED) is 0.935.